The number of hydrogen-bond acceptors (Lipinski definition) is 4. The summed E-state index contributed by atoms with van der Waals surface area (Å²) in [6, 6.07) is 8.92. The maximum atomic E-state index is 14.9. The zero-order valence-electron chi connectivity index (χ0n) is 17.2. The third kappa shape index (κ3) is 3.38. The molecule has 1 aliphatic rings. The minimum Gasteiger partial charge on any atom is -0.340 e. The quantitative estimate of drug-likeness (QED) is 0.210. The summed E-state index contributed by atoms with van der Waals surface area (Å²) in [5, 5.41) is 6.50. The number of aromatic nitrogens is 6. The van der Waals surface area contributed by atoms with E-state index in [1.807, 2.05) is 12.4 Å². The third-order valence-electron chi connectivity index (χ3n) is 5.43. The van der Waals surface area contributed by atoms with Crippen LogP contribution in [0.2, 0.25) is 0 Å². The van der Waals surface area contributed by atoms with Crippen molar-refractivity contribution in [3.05, 3.63) is 83.2 Å². The molecule has 6 nitrogen and oxygen atoms in total. The monoisotopic (exact) mass is 657 g/mol. The van der Waals surface area contributed by atoms with Crippen LogP contribution in [0.25, 0.3) is 11.6 Å². The van der Waals surface area contributed by atoms with Gasteiger partial charge in [-0.25, -0.2) is 10.2 Å². The molecule has 5 heterocycles. The average Bonchev–Trinajstić information content (AvgIpc) is 3.37. The van der Waals surface area contributed by atoms with Crippen molar-refractivity contribution in [1.82, 2.24) is 29.5 Å². The normalized spacial score (nSPS) is 17.3. The van der Waals surface area contributed by atoms with Gasteiger partial charge in [0.2, 0.25) is 0 Å². The Kier molecular flexibility index (Phi) is 5.51. The number of pyridine rings is 2. The Hall–Kier alpha value is -3.01. The van der Waals surface area contributed by atoms with E-state index in [0.29, 0.717) is 20.8 Å². The molecule has 0 unspecified atom stereocenters. The molecule has 0 atom stereocenters. The van der Waals surface area contributed by atoms with Crippen molar-refractivity contribution >= 4 is 0 Å². The van der Waals surface area contributed by atoms with Crippen LogP contribution < -0.4 is 0 Å². The van der Waals surface area contributed by atoms with Crippen molar-refractivity contribution in [2.45, 2.75) is 31.1 Å². The summed E-state index contributed by atoms with van der Waals surface area (Å²) < 4.78 is 89.3. The standard InChI is InChI=1S/C21H12F6N6.Pt/c1-19(2)13-5-3-7-15(28-13)32-9-11(17(22)30-32)20(24,25)21(26,27)12-10-33(31-18(12)23)16-8-4-6-14(19)29-16;/h3-8H,1-2H3;/q-2;+2. The van der Waals surface area contributed by atoms with Gasteiger partial charge in [-0.2, -0.15) is 17.6 Å². The van der Waals surface area contributed by atoms with Crippen LogP contribution in [0.4, 0.5) is 26.3 Å². The number of fused-ring (bicyclic) bond motifs is 10. The first kappa shape index (κ1) is 24.1. The molecule has 0 aromatic carbocycles. The van der Waals surface area contributed by atoms with Crippen LogP contribution in [0.15, 0.2) is 36.4 Å². The number of rotatable bonds is 0. The van der Waals surface area contributed by atoms with Crippen molar-refractivity contribution in [2.75, 3.05) is 0 Å². The second-order valence-corrected chi connectivity index (χ2v) is 7.91. The van der Waals surface area contributed by atoms with E-state index in [0.717, 1.165) is 0 Å². The van der Waals surface area contributed by atoms with Crippen LogP contribution in [0.5, 0.6) is 0 Å². The summed E-state index contributed by atoms with van der Waals surface area (Å²) in [5.41, 5.74) is -3.83. The molecule has 0 spiro atoms. The molecule has 4 aromatic rings. The van der Waals surface area contributed by atoms with E-state index in [-0.39, 0.29) is 32.7 Å². The topological polar surface area (TPSA) is 61.4 Å². The Morgan fingerprint density at radius 3 is 1.47 bits per heavy atom. The predicted molar refractivity (Wildman–Crippen MR) is 100 cm³/mol. The second kappa shape index (κ2) is 7.76. The van der Waals surface area contributed by atoms with E-state index in [2.05, 4.69) is 20.2 Å². The first-order valence-electron chi connectivity index (χ1n) is 9.51. The number of alkyl halides is 4. The molecule has 1 aliphatic heterocycles. The zero-order chi connectivity index (χ0) is 23.8. The van der Waals surface area contributed by atoms with Crippen LogP contribution in [-0.4, -0.2) is 29.5 Å². The summed E-state index contributed by atoms with van der Waals surface area (Å²) in [6.45, 7) is 3.51. The van der Waals surface area contributed by atoms with Crippen LogP contribution in [0, 0.1) is 24.3 Å². The van der Waals surface area contributed by atoms with Gasteiger partial charge in [-0.3, -0.25) is 18.7 Å². The Morgan fingerprint density at radius 1 is 0.706 bits per heavy atom. The number of halogens is 6. The Morgan fingerprint density at radius 2 is 1.09 bits per heavy atom. The van der Waals surface area contributed by atoms with Gasteiger partial charge in [0.1, 0.15) is 11.9 Å². The van der Waals surface area contributed by atoms with Gasteiger partial charge < -0.3 is 9.36 Å². The van der Waals surface area contributed by atoms with Gasteiger partial charge in [0.05, 0.1) is 11.6 Å². The van der Waals surface area contributed by atoms with E-state index in [9.17, 15) is 26.3 Å². The van der Waals surface area contributed by atoms with E-state index in [1.54, 1.807) is 26.0 Å². The molecule has 0 radical (unpaired) electrons. The van der Waals surface area contributed by atoms with Gasteiger partial charge in [0, 0.05) is 16.8 Å². The first-order chi connectivity index (χ1) is 15.4. The van der Waals surface area contributed by atoms with Gasteiger partial charge in [0.15, 0.2) is 0 Å². The zero-order valence-corrected chi connectivity index (χ0v) is 19.5. The molecule has 0 N–H and O–H groups in total. The molecule has 0 amide bonds. The van der Waals surface area contributed by atoms with Crippen LogP contribution >= 0.6 is 0 Å². The molecule has 13 heteroatoms. The first-order valence-corrected chi connectivity index (χ1v) is 9.51. The molecule has 8 bridgehead atoms. The smallest absolute Gasteiger partial charge is 0.340 e. The number of nitrogens with zero attached hydrogens (tertiary/aromatic N) is 6. The second-order valence-electron chi connectivity index (χ2n) is 7.91. The van der Waals surface area contributed by atoms with E-state index in [4.69, 9.17) is 0 Å². The van der Waals surface area contributed by atoms with E-state index >= 15 is 0 Å². The Labute approximate surface area is 202 Å². The summed E-state index contributed by atoms with van der Waals surface area (Å²) in [7, 11) is 0. The van der Waals surface area contributed by atoms with Crippen molar-refractivity contribution in [1.29, 1.82) is 0 Å². The van der Waals surface area contributed by atoms with E-state index < -0.39 is 40.3 Å². The molecule has 0 aliphatic carbocycles. The molecule has 5 rings (SSSR count). The Balaban J connectivity index is 0.00000274. The molecule has 4 aromatic heterocycles. The van der Waals surface area contributed by atoms with E-state index in [1.165, 1.54) is 24.3 Å². The molecule has 0 saturated heterocycles. The minimum absolute atomic E-state index is 0. The summed E-state index contributed by atoms with van der Waals surface area (Å²) in [5.74, 6) is -14.6. The predicted octanol–water partition coefficient (Wildman–Crippen LogP) is 4.25. The maximum Gasteiger partial charge on any atom is 2.00 e. The van der Waals surface area contributed by atoms with Crippen molar-refractivity contribution in [3.63, 3.8) is 0 Å². The average molecular weight is 657 g/mol. The van der Waals surface area contributed by atoms with Crippen LogP contribution in [0.1, 0.15) is 36.4 Å². The molecule has 0 fully saturated rings. The fraction of sp³-hybridized carbons (Fsp3) is 0.238. The van der Waals surface area contributed by atoms with Crippen LogP contribution in [-0.2, 0) is 38.3 Å². The Bertz CT molecular complexity index is 1290. The summed E-state index contributed by atoms with van der Waals surface area (Å²) in [4.78, 5) is 8.66. The maximum absolute atomic E-state index is 14.9. The van der Waals surface area contributed by atoms with Crippen LogP contribution in [0.3, 0.4) is 0 Å². The van der Waals surface area contributed by atoms with Crippen molar-refractivity contribution < 1.29 is 47.4 Å². The van der Waals surface area contributed by atoms with Crippen molar-refractivity contribution in [3.8, 4) is 11.6 Å². The molecule has 0 saturated carbocycles. The molecular formula is C21H12F6N6Pt. The van der Waals surface area contributed by atoms with Gasteiger partial charge in [-0.15, -0.1) is 0 Å². The third-order valence-corrected chi connectivity index (χ3v) is 5.43. The van der Waals surface area contributed by atoms with Gasteiger partial charge >= 0.3 is 32.9 Å². The van der Waals surface area contributed by atoms with Gasteiger partial charge in [0.25, 0.3) is 0 Å². The minimum atomic E-state index is -5.24. The van der Waals surface area contributed by atoms with Crippen molar-refractivity contribution in [2.24, 2.45) is 0 Å². The van der Waals surface area contributed by atoms with Gasteiger partial charge in [-0.05, 0) is 37.1 Å². The molecule has 34 heavy (non-hydrogen) atoms. The number of hydrogen-bond donors (Lipinski definition) is 0. The summed E-state index contributed by atoms with van der Waals surface area (Å²) >= 11 is 0. The van der Waals surface area contributed by atoms with Gasteiger partial charge in [-0.1, -0.05) is 36.7 Å². The summed E-state index contributed by atoms with van der Waals surface area (Å²) in [6.07, 6.45) is 3.64. The fourth-order valence-corrected chi connectivity index (χ4v) is 3.47. The fourth-order valence-electron chi connectivity index (χ4n) is 3.47. The SMILES string of the molecule is CC1(C)c2cccc(n2)-n2[c-]c(c(F)n2)C(F)(F)C(F)(F)c2[c-]n(nc2F)-c2cccc1n2.[Pt+2]. The largest absolute Gasteiger partial charge is 2.00 e. The molecular weight excluding hydrogens is 645 g/mol. The molecule has 178 valence electrons.